The Morgan fingerprint density at radius 2 is 2.08 bits per heavy atom. The highest BCUT2D eigenvalue weighted by Gasteiger charge is 2.14. The van der Waals surface area contributed by atoms with E-state index in [-0.39, 0.29) is 5.91 Å². The standard InChI is InChI=1S/C20H23ClN2O2/c1-3-25-19-9-7-15(12-18(19)21)20(24)22-17-8-6-14-5-4-10-23(2)13-16(14)11-17/h6-9,11-12H,3-5,10,13H2,1-2H3,(H,22,24). The Hall–Kier alpha value is -2.04. The number of benzene rings is 2. The van der Waals surface area contributed by atoms with Crippen molar-refractivity contribution in [3.05, 3.63) is 58.1 Å². The lowest BCUT2D eigenvalue weighted by Gasteiger charge is -2.15. The van der Waals surface area contributed by atoms with Gasteiger partial charge in [0.15, 0.2) is 0 Å². The lowest BCUT2D eigenvalue weighted by molar-refractivity contribution is 0.102. The zero-order chi connectivity index (χ0) is 17.8. The van der Waals surface area contributed by atoms with Gasteiger partial charge in [-0.15, -0.1) is 0 Å². The second kappa shape index (κ2) is 7.89. The Labute approximate surface area is 153 Å². The van der Waals surface area contributed by atoms with Crippen molar-refractivity contribution in [3.63, 3.8) is 0 Å². The molecule has 5 heteroatoms. The van der Waals surface area contributed by atoms with Crippen LogP contribution in [0.15, 0.2) is 36.4 Å². The van der Waals surface area contributed by atoms with E-state index in [4.69, 9.17) is 16.3 Å². The Morgan fingerprint density at radius 1 is 1.24 bits per heavy atom. The average molecular weight is 359 g/mol. The van der Waals surface area contributed by atoms with E-state index in [2.05, 4.69) is 29.4 Å². The third-order valence-corrected chi connectivity index (χ3v) is 4.68. The van der Waals surface area contributed by atoms with Gasteiger partial charge in [-0.3, -0.25) is 4.79 Å². The topological polar surface area (TPSA) is 41.6 Å². The van der Waals surface area contributed by atoms with E-state index in [1.807, 2.05) is 13.0 Å². The molecule has 1 N–H and O–H groups in total. The number of nitrogens with zero attached hydrogens (tertiary/aromatic N) is 1. The second-order valence-electron chi connectivity index (χ2n) is 6.36. The molecule has 0 atom stereocenters. The van der Waals surface area contributed by atoms with Gasteiger partial charge >= 0.3 is 0 Å². The third kappa shape index (κ3) is 4.33. The highest BCUT2D eigenvalue weighted by atomic mass is 35.5. The summed E-state index contributed by atoms with van der Waals surface area (Å²) in [6.45, 7) is 4.44. The van der Waals surface area contributed by atoms with Crippen LogP contribution >= 0.6 is 11.6 Å². The molecule has 4 nitrogen and oxygen atoms in total. The Bertz CT molecular complexity index is 776. The largest absolute Gasteiger partial charge is 0.492 e. The minimum Gasteiger partial charge on any atom is -0.492 e. The van der Waals surface area contributed by atoms with Gasteiger partial charge in [0.1, 0.15) is 5.75 Å². The van der Waals surface area contributed by atoms with Gasteiger partial charge in [0.25, 0.3) is 5.91 Å². The summed E-state index contributed by atoms with van der Waals surface area (Å²) < 4.78 is 5.41. The summed E-state index contributed by atoms with van der Waals surface area (Å²) in [7, 11) is 2.13. The molecule has 1 aliphatic heterocycles. The number of carbonyl (C=O) groups is 1. The Morgan fingerprint density at radius 3 is 2.84 bits per heavy atom. The lowest BCUT2D eigenvalue weighted by Crippen LogP contribution is -2.17. The van der Waals surface area contributed by atoms with Gasteiger partial charge in [0.2, 0.25) is 0 Å². The molecule has 2 aromatic carbocycles. The molecule has 3 rings (SSSR count). The van der Waals surface area contributed by atoms with Gasteiger partial charge in [0, 0.05) is 17.8 Å². The normalized spacial score (nSPS) is 14.5. The summed E-state index contributed by atoms with van der Waals surface area (Å²) in [5, 5.41) is 3.41. The van der Waals surface area contributed by atoms with Gasteiger partial charge in [-0.2, -0.15) is 0 Å². The minimum atomic E-state index is -0.174. The number of nitrogens with one attached hydrogen (secondary N) is 1. The number of carbonyl (C=O) groups excluding carboxylic acids is 1. The smallest absolute Gasteiger partial charge is 0.255 e. The molecule has 0 aromatic heterocycles. The molecule has 0 saturated carbocycles. The molecule has 0 spiro atoms. The summed E-state index contributed by atoms with van der Waals surface area (Å²) in [5.41, 5.74) is 3.97. The first-order valence-electron chi connectivity index (χ1n) is 8.61. The zero-order valence-corrected chi connectivity index (χ0v) is 15.4. The maximum absolute atomic E-state index is 12.5. The number of halogens is 1. The molecule has 0 aliphatic carbocycles. The first kappa shape index (κ1) is 17.8. The van der Waals surface area contributed by atoms with Crippen molar-refractivity contribution in [1.29, 1.82) is 0 Å². The van der Waals surface area contributed by atoms with Crippen LogP contribution < -0.4 is 10.1 Å². The minimum absolute atomic E-state index is 0.174. The molecule has 2 aromatic rings. The van der Waals surface area contributed by atoms with Gasteiger partial charge in [-0.1, -0.05) is 17.7 Å². The molecule has 1 amide bonds. The fourth-order valence-corrected chi connectivity index (χ4v) is 3.36. The van der Waals surface area contributed by atoms with Crippen molar-refractivity contribution in [2.45, 2.75) is 26.3 Å². The van der Waals surface area contributed by atoms with E-state index in [0.717, 1.165) is 25.2 Å². The van der Waals surface area contributed by atoms with Crippen LogP contribution in [0, 0.1) is 0 Å². The average Bonchev–Trinajstić information content (AvgIpc) is 2.77. The van der Waals surface area contributed by atoms with Crippen molar-refractivity contribution in [2.24, 2.45) is 0 Å². The number of rotatable bonds is 4. The highest BCUT2D eigenvalue weighted by Crippen LogP contribution is 2.26. The van der Waals surface area contributed by atoms with E-state index >= 15 is 0 Å². The third-order valence-electron chi connectivity index (χ3n) is 4.38. The SMILES string of the molecule is CCOc1ccc(C(=O)Nc2ccc3c(c2)CN(C)CCC3)cc1Cl. The summed E-state index contributed by atoms with van der Waals surface area (Å²) in [5.74, 6) is 0.417. The van der Waals surface area contributed by atoms with Crippen molar-refractivity contribution in [2.75, 3.05) is 25.5 Å². The van der Waals surface area contributed by atoms with Gasteiger partial charge in [-0.05, 0) is 74.8 Å². The molecule has 1 aliphatic rings. The van der Waals surface area contributed by atoms with Crippen LogP contribution in [0.5, 0.6) is 5.75 Å². The van der Waals surface area contributed by atoms with E-state index in [1.54, 1.807) is 18.2 Å². The van der Waals surface area contributed by atoms with Gasteiger partial charge in [-0.25, -0.2) is 0 Å². The molecule has 0 unspecified atom stereocenters. The molecule has 1 heterocycles. The van der Waals surface area contributed by atoms with Crippen LogP contribution in [0.1, 0.15) is 34.8 Å². The molecular formula is C20H23ClN2O2. The van der Waals surface area contributed by atoms with Crippen molar-refractivity contribution in [3.8, 4) is 5.75 Å². The number of hydrogen-bond acceptors (Lipinski definition) is 3. The Kier molecular flexibility index (Phi) is 5.61. The predicted octanol–water partition coefficient (Wildman–Crippen LogP) is 4.37. The molecule has 0 fully saturated rings. The fourth-order valence-electron chi connectivity index (χ4n) is 3.12. The Balaban J connectivity index is 1.76. The quantitative estimate of drug-likeness (QED) is 0.882. The van der Waals surface area contributed by atoms with Gasteiger partial charge < -0.3 is 15.0 Å². The molecule has 0 radical (unpaired) electrons. The number of hydrogen-bond donors (Lipinski definition) is 1. The van der Waals surface area contributed by atoms with Crippen LogP contribution in [0.25, 0.3) is 0 Å². The number of fused-ring (bicyclic) bond motifs is 1. The van der Waals surface area contributed by atoms with Crippen molar-refractivity contribution >= 4 is 23.2 Å². The molecule has 25 heavy (non-hydrogen) atoms. The van der Waals surface area contributed by atoms with Crippen LogP contribution in [-0.4, -0.2) is 31.0 Å². The van der Waals surface area contributed by atoms with E-state index < -0.39 is 0 Å². The number of anilines is 1. The highest BCUT2D eigenvalue weighted by molar-refractivity contribution is 6.32. The fraction of sp³-hybridized carbons (Fsp3) is 0.350. The zero-order valence-electron chi connectivity index (χ0n) is 14.6. The summed E-state index contributed by atoms with van der Waals surface area (Å²) in [4.78, 5) is 14.8. The second-order valence-corrected chi connectivity index (χ2v) is 6.76. The summed E-state index contributed by atoms with van der Waals surface area (Å²) in [6, 6.07) is 11.3. The van der Waals surface area contributed by atoms with E-state index in [9.17, 15) is 4.79 Å². The van der Waals surface area contributed by atoms with Crippen LogP contribution in [-0.2, 0) is 13.0 Å². The van der Waals surface area contributed by atoms with Crippen LogP contribution in [0.2, 0.25) is 5.02 Å². The van der Waals surface area contributed by atoms with Crippen molar-refractivity contribution < 1.29 is 9.53 Å². The van der Waals surface area contributed by atoms with E-state index in [1.165, 1.54) is 17.5 Å². The summed E-state index contributed by atoms with van der Waals surface area (Å²) in [6.07, 6.45) is 2.25. The number of amides is 1. The number of aryl methyl sites for hydroxylation is 1. The first-order chi connectivity index (χ1) is 12.1. The predicted molar refractivity (Wildman–Crippen MR) is 102 cm³/mol. The molecular weight excluding hydrogens is 336 g/mol. The van der Waals surface area contributed by atoms with Gasteiger partial charge in [0.05, 0.1) is 11.6 Å². The van der Waals surface area contributed by atoms with Crippen molar-refractivity contribution in [1.82, 2.24) is 4.90 Å². The maximum Gasteiger partial charge on any atom is 0.255 e. The monoisotopic (exact) mass is 358 g/mol. The van der Waals surface area contributed by atoms with Crippen LogP contribution in [0.4, 0.5) is 5.69 Å². The van der Waals surface area contributed by atoms with Crippen LogP contribution in [0.3, 0.4) is 0 Å². The first-order valence-corrected chi connectivity index (χ1v) is 8.98. The lowest BCUT2D eigenvalue weighted by atomic mass is 10.0. The van der Waals surface area contributed by atoms with E-state index in [0.29, 0.717) is 22.9 Å². The molecule has 0 saturated heterocycles. The molecule has 132 valence electrons. The summed E-state index contributed by atoms with van der Waals surface area (Å²) >= 11 is 6.17. The maximum atomic E-state index is 12.5. The number of ether oxygens (including phenoxy) is 1. The molecule has 0 bridgehead atoms.